The number of amides is 1. The molecule has 0 saturated heterocycles. The summed E-state index contributed by atoms with van der Waals surface area (Å²) in [6, 6.07) is 15.1. The predicted octanol–water partition coefficient (Wildman–Crippen LogP) is 3.72. The molecule has 158 valence electrons. The highest BCUT2D eigenvalue weighted by atomic mass is 32.2. The smallest absolute Gasteiger partial charge is 0.268 e. The van der Waals surface area contributed by atoms with E-state index in [1.807, 2.05) is 23.6 Å². The molecule has 6 nitrogen and oxygen atoms in total. The van der Waals surface area contributed by atoms with E-state index in [1.165, 1.54) is 29.5 Å². The van der Waals surface area contributed by atoms with Gasteiger partial charge < -0.3 is 9.88 Å². The Morgan fingerprint density at radius 1 is 1.17 bits per heavy atom. The molecule has 1 aliphatic rings. The highest BCUT2D eigenvalue weighted by Crippen LogP contribution is 2.30. The minimum Gasteiger partial charge on any atom is -0.344 e. The van der Waals surface area contributed by atoms with Crippen LogP contribution in [0.5, 0.6) is 0 Å². The average molecular weight is 426 g/mol. The number of benzene rings is 2. The molecule has 0 radical (unpaired) electrons. The fraction of sp³-hybridized carbons (Fsp3) is 0.348. The van der Waals surface area contributed by atoms with Crippen LogP contribution in [-0.4, -0.2) is 37.3 Å². The number of rotatable bonds is 5. The second-order valence-electron chi connectivity index (χ2n) is 7.90. The Kier molecular flexibility index (Phi) is 5.42. The van der Waals surface area contributed by atoms with Crippen molar-refractivity contribution in [2.24, 2.45) is 0 Å². The molecule has 1 amide bonds. The van der Waals surface area contributed by atoms with Crippen LogP contribution >= 0.6 is 0 Å². The lowest BCUT2D eigenvalue weighted by atomic mass is 9.87. The number of aromatic nitrogens is 1. The maximum absolute atomic E-state index is 13.2. The Balaban J connectivity index is 1.69. The molecule has 0 aliphatic heterocycles. The van der Waals surface area contributed by atoms with Crippen LogP contribution in [-0.2, 0) is 23.0 Å². The van der Waals surface area contributed by atoms with Crippen LogP contribution in [0.25, 0.3) is 10.9 Å². The van der Waals surface area contributed by atoms with Gasteiger partial charge >= 0.3 is 0 Å². The van der Waals surface area contributed by atoms with Gasteiger partial charge in [0.05, 0.1) is 10.9 Å². The molecule has 4 rings (SSSR count). The number of nitrogens with one attached hydrogen (secondary N) is 1. The van der Waals surface area contributed by atoms with E-state index in [-0.39, 0.29) is 16.8 Å². The first kappa shape index (κ1) is 20.6. The van der Waals surface area contributed by atoms with Crippen molar-refractivity contribution in [3.63, 3.8) is 0 Å². The molecule has 1 unspecified atom stereocenters. The van der Waals surface area contributed by atoms with Gasteiger partial charge in [-0.2, -0.15) is 0 Å². The van der Waals surface area contributed by atoms with Crippen molar-refractivity contribution >= 4 is 26.8 Å². The summed E-state index contributed by atoms with van der Waals surface area (Å²) < 4.78 is 28.1. The second-order valence-corrected chi connectivity index (χ2v) is 10.1. The Morgan fingerprint density at radius 3 is 2.67 bits per heavy atom. The molecule has 30 heavy (non-hydrogen) atoms. The van der Waals surface area contributed by atoms with Crippen LogP contribution in [0.4, 0.5) is 0 Å². The molecule has 1 atom stereocenters. The van der Waals surface area contributed by atoms with Crippen LogP contribution in [0, 0.1) is 0 Å². The van der Waals surface area contributed by atoms with E-state index in [2.05, 4.69) is 17.4 Å². The molecule has 7 heteroatoms. The molecule has 3 aromatic rings. The molecule has 0 saturated carbocycles. The number of hydrogen-bond acceptors (Lipinski definition) is 3. The third-order valence-corrected chi connectivity index (χ3v) is 7.69. The quantitative estimate of drug-likeness (QED) is 0.677. The molecule has 1 aromatic heterocycles. The van der Waals surface area contributed by atoms with E-state index in [1.54, 1.807) is 24.3 Å². The molecule has 1 aliphatic carbocycles. The van der Waals surface area contributed by atoms with Crippen LogP contribution in [0.1, 0.15) is 47.4 Å². The van der Waals surface area contributed by atoms with Gasteiger partial charge in [0.1, 0.15) is 5.69 Å². The lowest BCUT2D eigenvalue weighted by molar-refractivity contribution is 0.0924. The third-order valence-electron chi connectivity index (χ3n) is 5.87. The first-order valence-corrected chi connectivity index (χ1v) is 11.7. The summed E-state index contributed by atoms with van der Waals surface area (Å²) in [4.78, 5) is 13.4. The molecule has 0 fully saturated rings. The van der Waals surface area contributed by atoms with Gasteiger partial charge in [0.2, 0.25) is 10.0 Å². The van der Waals surface area contributed by atoms with E-state index in [0.717, 1.165) is 30.2 Å². The minimum atomic E-state index is -3.53. The summed E-state index contributed by atoms with van der Waals surface area (Å²) >= 11 is 0. The maximum atomic E-state index is 13.2. The Morgan fingerprint density at radius 2 is 1.93 bits per heavy atom. The minimum absolute atomic E-state index is 0.00421. The number of sulfonamides is 1. The van der Waals surface area contributed by atoms with Crippen molar-refractivity contribution in [3.05, 3.63) is 65.4 Å². The van der Waals surface area contributed by atoms with Crippen LogP contribution in [0.3, 0.4) is 0 Å². The van der Waals surface area contributed by atoms with Crippen molar-refractivity contribution in [3.8, 4) is 0 Å². The fourth-order valence-electron chi connectivity index (χ4n) is 4.29. The van der Waals surface area contributed by atoms with Crippen LogP contribution in [0.15, 0.2) is 53.4 Å². The molecule has 0 bridgehead atoms. The van der Waals surface area contributed by atoms with Gasteiger partial charge in [-0.25, -0.2) is 12.7 Å². The topological polar surface area (TPSA) is 71.4 Å². The number of hydrogen-bond donors (Lipinski definition) is 1. The second kappa shape index (κ2) is 7.89. The van der Waals surface area contributed by atoms with Crippen molar-refractivity contribution in [1.82, 2.24) is 14.2 Å². The SMILES string of the molecule is CCn1c(C(=O)NC2CCCc3ccccc32)cc2cc(S(=O)(=O)N(C)C)ccc21. The van der Waals surface area contributed by atoms with Crippen molar-refractivity contribution < 1.29 is 13.2 Å². The lowest BCUT2D eigenvalue weighted by Gasteiger charge is -2.26. The number of aryl methyl sites for hydroxylation is 2. The molecule has 1 heterocycles. The van der Waals surface area contributed by atoms with Gasteiger partial charge in [-0.1, -0.05) is 24.3 Å². The number of carbonyl (C=O) groups is 1. The van der Waals surface area contributed by atoms with Gasteiger partial charge in [-0.3, -0.25) is 4.79 Å². The fourth-order valence-corrected chi connectivity index (χ4v) is 5.22. The van der Waals surface area contributed by atoms with Crippen molar-refractivity contribution in [2.45, 2.75) is 43.7 Å². The summed E-state index contributed by atoms with van der Waals surface area (Å²) in [5, 5.41) is 3.95. The Bertz CT molecular complexity index is 1210. The molecular weight excluding hydrogens is 398 g/mol. The standard InChI is InChI=1S/C23H27N3O3S/c1-4-26-21-13-12-18(30(28,29)25(2)3)14-17(21)15-22(26)23(27)24-20-11-7-9-16-8-5-6-10-19(16)20/h5-6,8,10,12-15,20H,4,7,9,11H2,1-3H3,(H,24,27). The number of fused-ring (bicyclic) bond motifs is 2. The molecular formula is C23H27N3O3S. The Labute approximate surface area is 177 Å². The number of nitrogens with zero attached hydrogens (tertiary/aromatic N) is 2. The van der Waals surface area contributed by atoms with E-state index in [0.29, 0.717) is 12.2 Å². The molecule has 0 spiro atoms. The van der Waals surface area contributed by atoms with Crippen LogP contribution in [0.2, 0.25) is 0 Å². The third kappa shape index (κ3) is 3.52. The highest BCUT2D eigenvalue weighted by Gasteiger charge is 2.24. The predicted molar refractivity (Wildman–Crippen MR) is 118 cm³/mol. The zero-order valence-electron chi connectivity index (χ0n) is 17.6. The summed E-state index contributed by atoms with van der Waals surface area (Å²) in [5.41, 5.74) is 3.89. The van der Waals surface area contributed by atoms with E-state index in [9.17, 15) is 13.2 Å². The van der Waals surface area contributed by atoms with E-state index in [4.69, 9.17) is 0 Å². The Hall–Kier alpha value is -2.64. The van der Waals surface area contributed by atoms with Crippen molar-refractivity contribution in [2.75, 3.05) is 14.1 Å². The summed E-state index contributed by atoms with van der Waals surface area (Å²) in [6.07, 6.45) is 3.01. The van der Waals surface area contributed by atoms with Gasteiger partial charge in [-0.05, 0) is 61.6 Å². The lowest BCUT2D eigenvalue weighted by Crippen LogP contribution is -2.32. The number of carbonyl (C=O) groups excluding carboxylic acids is 1. The van der Waals surface area contributed by atoms with Gasteiger partial charge in [0.25, 0.3) is 5.91 Å². The first-order chi connectivity index (χ1) is 14.3. The average Bonchev–Trinajstić information content (AvgIpc) is 3.12. The molecule has 1 N–H and O–H groups in total. The summed E-state index contributed by atoms with van der Waals surface area (Å²) in [7, 11) is -0.508. The normalized spacial score (nSPS) is 16.6. The van der Waals surface area contributed by atoms with Gasteiger partial charge in [-0.15, -0.1) is 0 Å². The zero-order valence-corrected chi connectivity index (χ0v) is 18.4. The van der Waals surface area contributed by atoms with E-state index < -0.39 is 10.0 Å². The highest BCUT2D eigenvalue weighted by molar-refractivity contribution is 7.89. The van der Waals surface area contributed by atoms with Gasteiger partial charge in [0.15, 0.2) is 0 Å². The van der Waals surface area contributed by atoms with E-state index >= 15 is 0 Å². The van der Waals surface area contributed by atoms with Gasteiger partial charge in [0, 0.05) is 31.5 Å². The largest absolute Gasteiger partial charge is 0.344 e. The summed E-state index contributed by atoms with van der Waals surface area (Å²) in [5.74, 6) is -0.133. The monoisotopic (exact) mass is 425 g/mol. The van der Waals surface area contributed by atoms with Crippen LogP contribution < -0.4 is 5.32 Å². The maximum Gasteiger partial charge on any atom is 0.268 e. The van der Waals surface area contributed by atoms with Crippen molar-refractivity contribution in [1.29, 1.82) is 0 Å². The first-order valence-electron chi connectivity index (χ1n) is 10.3. The summed E-state index contributed by atoms with van der Waals surface area (Å²) in [6.45, 7) is 2.60. The molecule has 2 aromatic carbocycles. The zero-order chi connectivity index (χ0) is 21.5.